The summed E-state index contributed by atoms with van der Waals surface area (Å²) in [4.78, 5) is 0. The lowest BCUT2D eigenvalue weighted by Crippen LogP contribution is -2.25. The van der Waals surface area contributed by atoms with Crippen LogP contribution in [0.4, 0.5) is 0 Å². The number of ether oxygens (including phenoxy) is 2. The van der Waals surface area contributed by atoms with E-state index in [1.165, 1.54) is 0 Å². The van der Waals surface area contributed by atoms with Gasteiger partial charge in [-0.2, -0.15) is 5.10 Å². The number of hydrogen-bond acceptors (Lipinski definition) is 4. The highest BCUT2D eigenvalue weighted by Gasteiger charge is 2.20. The molecule has 0 fully saturated rings. The zero-order valence-electron chi connectivity index (χ0n) is 11.2. The lowest BCUT2D eigenvalue weighted by molar-refractivity contribution is 0.111. The number of aromatic nitrogens is 2. The number of aryl methyl sites for hydroxylation is 1. The Hall–Kier alpha value is -1.07. The molecule has 0 saturated carbocycles. The summed E-state index contributed by atoms with van der Waals surface area (Å²) in [5.41, 5.74) is 1.05. The molecule has 1 heterocycles. The molecule has 1 unspecified atom stereocenters. The lowest BCUT2D eigenvalue weighted by atomic mass is 10.2. The van der Waals surface area contributed by atoms with Gasteiger partial charge in [-0.05, 0) is 20.4 Å². The van der Waals surface area contributed by atoms with Crippen molar-refractivity contribution in [1.82, 2.24) is 15.1 Å². The fourth-order valence-electron chi connectivity index (χ4n) is 1.78. The summed E-state index contributed by atoms with van der Waals surface area (Å²) in [6, 6.07) is 0.110. The summed E-state index contributed by atoms with van der Waals surface area (Å²) in [6.07, 6.45) is 2.78. The van der Waals surface area contributed by atoms with Crippen LogP contribution in [0.15, 0.2) is 6.20 Å². The third-order valence-electron chi connectivity index (χ3n) is 2.68. The van der Waals surface area contributed by atoms with Gasteiger partial charge in [0.05, 0.1) is 31.6 Å². The summed E-state index contributed by atoms with van der Waals surface area (Å²) >= 11 is 0. The molecule has 1 aromatic heterocycles. The van der Waals surface area contributed by atoms with E-state index in [1.807, 2.05) is 11.7 Å². The summed E-state index contributed by atoms with van der Waals surface area (Å²) in [6.45, 7) is 6.40. The molecular weight excluding hydrogens is 218 g/mol. The number of nitrogens with zero attached hydrogens (tertiary/aromatic N) is 2. The van der Waals surface area contributed by atoms with Gasteiger partial charge >= 0.3 is 0 Å². The molecule has 98 valence electrons. The monoisotopic (exact) mass is 241 g/mol. The van der Waals surface area contributed by atoms with Crippen molar-refractivity contribution < 1.29 is 9.47 Å². The van der Waals surface area contributed by atoms with E-state index in [2.05, 4.69) is 24.3 Å². The Bertz CT molecular complexity index is 304. The Labute approximate surface area is 103 Å². The first kappa shape index (κ1) is 14.0. The minimum Gasteiger partial charge on any atom is -0.493 e. The summed E-state index contributed by atoms with van der Waals surface area (Å²) < 4.78 is 12.9. The first-order valence-corrected chi connectivity index (χ1v) is 6.13. The van der Waals surface area contributed by atoms with E-state index < -0.39 is 0 Å². The van der Waals surface area contributed by atoms with Crippen LogP contribution < -0.4 is 10.1 Å². The Morgan fingerprint density at radius 1 is 1.47 bits per heavy atom. The van der Waals surface area contributed by atoms with Crippen LogP contribution in [0.2, 0.25) is 0 Å². The molecule has 0 aliphatic rings. The molecule has 5 nitrogen and oxygen atoms in total. The lowest BCUT2D eigenvalue weighted by Gasteiger charge is -2.18. The first-order valence-electron chi connectivity index (χ1n) is 6.13. The number of methoxy groups -OCH3 is 1. The molecule has 0 aromatic carbocycles. The van der Waals surface area contributed by atoms with Gasteiger partial charge in [-0.1, -0.05) is 6.92 Å². The van der Waals surface area contributed by atoms with Crippen LogP contribution in [0.3, 0.4) is 0 Å². The maximum absolute atomic E-state index is 5.60. The predicted molar refractivity (Wildman–Crippen MR) is 67.4 cm³/mol. The molecule has 0 amide bonds. The third-order valence-corrected chi connectivity index (χ3v) is 2.68. The van der Waals surface area contributed by atoms with Gasteiger partial charge < -0.3 is 14.8 Å². The maximum Gasteiger partial charge on any atom is 0.161 e. The van der Waals surface area contributed by atoms with Crippen LogP contribution in [0.1, 0.15) is 32.0 Å². The number of nitrogens with one attached hydrogen (secondary N) is 1. The highest BCUT2D eigenvalue weighted by atomic mass is 16.5. The molecule has 1 atom stereocenters. The van der Waals surface area contributed by atoms with Gasteiger partial charge in [0.15, 0.2) is 5.75 Å². The Kier molecular flexibility index (Phi) is 6.00. The van der Waals surface area contributed by atoms with Gasteiger partial charge in [-0.3, -0.25) is 4.68 Å². The van der Waals surface area contributed by atoms with Gasteiger partial charge in [0.1, 0.15) is 0 Å². The van der Waals surface area contributed by atoms with Crippen molar-refractivity contribution in [2.45, 2.75) is 32.9 Å². The Morgan fingerprint density at radius 3 is 2.76 bits per heavy atom. The van der Waals surface area contributed by atoms with E-state index in [4.69, 9.17) is 9.47 Å². The molecule has 0 saturated heterocycles. The molecule has 0 radical (unpaired) electrons. The Morgan fingerprint density at radius 2 is 2.24 bits per heavy atom. The zero-order chi connectivity index (χ0) is 12.7. The van der Waals surface area contributed by atoms with Crippen molar-refractivity contribution in [3.05, 3.63) is 11.9 Å². The molecule has 1 N–H and O–H groups in total. The van der Waals surface area contributed by atoms with Crippen LogP contribution >= 0.6 is 0 Å². The molecule has 0 spiro atoms. The second-order valence-electron chi connectivity index (χ2n) is 3.83. The minimum atomic E-state index is 0.110. The van der Waals surface area contributed by atoms with Gasteiger partial charge in [-0.25, -0.2) is 0 Å². The minimum absolute atomic E-state index is 0.110. The smallest absolute Gasteiger partial charge is 0.161 e. The van der Waals surface area contributed by atoms with Crippen molar-refractivity contribution in [2.75, 3.05) is 27.4 Å². The molecular formula is C12H23N3O2. The van der Waals surface area contributed by atoms with Crippen molar-refractivity contribution in [2.24, 2.45) is 0 Å². The van der Waals surface area contributed by atoms with Gasteiger partial charge in [0.25, 0.3) is 0 Å². The van der Waals surface area contributed by atoms with Crippen LogP contribution in [0, 0.1) is 0 Å². The second kappa shape index (κ2) is 7.29. The highest BCUT2D eigenvalue weighted by Crippen LogP contribution is 2.24. The topological polar surface area (TPSA) is 48.3 Å². The number of likely N-dealkylation sites (N-methyl/N-ethyl adjacent to an activating group) is 1. The molecule has 17 heavy (non-hydrogen) atoms. The van der Waals surface area contributed by atoms with Crippen LogP contribution in [0.25, 0.3) is 0 Å². The molecule has 1 aromatic rings. The van der Waals surface area contributed by atoms with Gasteiger partial charge in [-0.15, -0.1) is 0 Å². The quantitative estimate of drug-likeness (QED) is 0.702. The SMILES string of the molecule is CCCOCC(NC)c1c(OC)cnn1CC. The van der Waals surface area contributed by atoms with E-state index in [1.54, 1.807) is 13.3 Å². The van der Waals surface area contributed by atoms with Crippen LogP contribution in [-0.2, 0) is 11.3 Å². The summed E-state index contributed by atoms with van der Waals surface area (Å²) in [5.74, 6) is 0.811. The number of rotatable bonds is 8. The average Bonchev–Trinajstić information content (AvgIpc) is 2.77. The molecule has 0 bridgehead atoms. The van der Waals surface area contributed by atoms with E-state index in [-0.39, 0.29) is 6.04 Å². The second-order valence-corrected chi connectivity index (χ2v) is 3.83. The number of hydrogen-bond donors (Lipinski definition) is 1. The average molecular weight is 241 g/mol. The van der Waals surface area contributed by atoms with E-state index >= 15 is 0 Å². The van der Waals surface area contributed by atoms with Crippen molar-refractivity contribution >= 4 is 0 Å². The Balaban J connectivity index is 2.81. The fourth-order valence-corrected chi connectivity index (χ4v) is 1.78. The van der Waals surface area contributed by atoms with Crippen LogP contribution in [-0.4, -0.2) is 37.2 Å². The van der Waals surface area contributed by atoms with E-state index in [0.29, 0.717) is 6.61 Å². The van der Waals surface area contributed by atoms with Gasteiger partial charge in [0.2, 0.25) is 0 Å². The largest absolute Gasteiger partial charge is 0.493 e. The van der Waals surface area contributed by atoms with E-state index in [0.717, 1.165) is 31.0 Å². The third kappa shape index (κ3) is 3.44. The highest BCUT2D eigenvalue weighted by molar-refractivity contribution is 5.28. The standard InChI is InChI=1S/C12H23N3O2/c1-5-7-17-9-10(13-3)12-11(16-4)8-14-15(12)6-2/h8,10,13H,5-7,9H2,1-4H3. The molecule has 1 rings (SSSR count). The molecule has 5 heteroatoms. The van der Waals surface area contributed by atoms with Crippen LogP contribution in [0.5, 0.6) is 5.75 Å². The first-order chi connectivity index (χ1) is 8.28. The molecule has 0 aliphatic heterocycles. The molecule has 0 aliphatic carbocycles. The summed E-state index contributed by atoms with van der Waals surface area (Å²) in [7, 11) is 3.59. The maximum atomic E-state index is 5.60. The normalized spacial score (nSPS) is 12.7. The van der Waals surface area contributed by atoms with Crippen molar-refractivity contribution in [3.63, 3.8) is 0 Å². The summed E-state index contributed by atoms with van der Waals surface area (Å²) in [5, 5.41) is 7.55. The van der Waals surface area contributed by atoms with Gasteiger partial charge in [0, 0.05) is 13.2 Å². The van der Waals surface area contributed by atoms with Crippen molar-refractivity contribution in [3.8, 4) is 5.75 Å². The fraction of sp³-hybridized carbons (Fsp3) is 0.750. The predicted octanol–water partition coefficient (Wildman–Crippen LogP) is 1.60. The van der Waals surface area contributed by atoms with Crippen molar-refractivity contribution in [1.29, 1.82) is 0 Å². The van der Waals surface area contributed by atoms with E-state index in [9.17, 15) is 0 Å². The zero-order valence-corrected chi connectivity index (χ0v) is 11.2.